The third kappa shape index (κ3) is 9.42. The summed E-state index contributed by atoms with van der Waals surface area (Å²) >= 11 is 0. The Balaban J connectivity index is 1.08. The SMILES string of the molecule is CC(C)(C)c1cc(-c2ccccc2)cc(N2C=C(c3ccccc3)N(c3cc(Oc4cc(C(C)(C)c5ccccc5)c5c6ccccc6n(-c6cc(C(C)(C)c7ccccc7)ccn6)c5c4)cc(C(C)(C)C)c3)C2)c1. The second-order valence-corrected chi connectivity index (χ2v) is 23.5. The van der Waals surface area contributed by atoms with Crippen LogP contribution in [0.2, 0.25) is 0 Å². The molecule has 0 atom stereocenters. The molecule has 374 valence electrons. The summed E-state index contributed by atoms with van der Waals surface area (Å²) in [6.45, 7) is 23.6. The zero-order chi connectivity index (χ0) is 52.3. The summed E-state index contributed by atoms with van der Waals surface area (Å²) in [5, 5.41) is 2.36. The highest BCUT2D eigenvalue weighted by Crippen LogP contribution is 2.47. The van der Waals surface area contributed by atoms with E-state index in [1.807, 2.05) is 6.20 Å². The van der Waals surface area contributed by atoms with Crippen LogP contribution in [-0.2, 0) is 21.7 Å². The number of pyridine rings is 1. The van der Waals surface area contributed by atoms with Crippen LogP contribution in [0, 0.1) is 0 Å². The molecule has 1 aliphatic heterocycles. The van der Waals surface area contributed by atoms with Crippen molar-refractivity contribution in [2.24, 2.45) is 0 Å². The van der Waals surface area contributed by atoms with Gasteiger partial charge in [0, 0.05) is 57.5 Å². The summed E-state index contributed by atoms with van der Waals surface area (Å²) in [6.07, 6.45) is 4.29. The minimum absolute atomic E-state index is 0.0500. The Morgan fingerprint density at radius 2 is 0.987 bits per heavy atom. The second kappa shape index (κ2) is 19.0. The lowest BCUT2D eigenvalue weighted by atomic mass is 9.76. The second-order valence-electron chi connectivity index (χ2n) is 23.5. The van der Waals surface area contributed by atoms with Crippen molar-refractivity contribution in [1.29, 1.82) is 0 Å². The molecule has 0 aliphatic carbocycles. The highest BCUT2D eigenvalue weighted by Gasteiger charge is 2.32. The van der Waals surface area contributed by atoms with E-state index < -0.39 is 5.41 Å². The van der Waals surface area contributed by atoms with E-state index in [1.165, 1.54) is 55.3 Å². The first-order valence-corrected chi connectivity index (χ1v) is 26.4. The van der Waals surface area contributed by atoms with Crippen molar-refractivity contribution in [1.82, 2.24) is 9.55 Å². The number of benzene rings is 8. The Morgan fingerprint density at radius 1 is 0.427 bits per heavy atom. The van der Waals surface area contributed by atoms with Crippen LogP contribution in [0.5, 0.6) is 11.5 Å². The molecule has 5 nitrogen and oxygen atoms in total. The van der Waals surface area contributed by atoms with Crippen molar-refractivity contribution >= 4 is 38.9 Å². The van der Waals surface area contributed by atoms with Crippen LogP contribution in [0.15, 0.2) is 219 Å². The highest BCUT2D eigenvalue weighted by molar-refractivity contribution is 6.12. The normalized spacial score (nSPS) is 13.4. The molecular formula is C70H68N4O. The van der Waals surface area contributed by atoms with Gasteiger partial charge in [0.15, 0.2) is 0 Å². The number of nitrogens with zero attached hydrogens (tertiary/aromatic N) is 4. The molecule has 0 fully saturated rings. The number of hydrogen-bond acceptors (Lipinski definition) is 4. The Labute approximate surface area is 444 Å². The molecular weight excluding hydrogens is 913 g/mol. The van der Waals surface area contributed by atoms with E-state index >= 15 is 0 Å². The van der Waals surface area contributed by atoms with Crippen molar-refractivity contribution < 1.29 is 4.74 Å². The molecule has 0 N–H and O–H groups in total. The molecule has 10 aromatic rings. The third-order valence-electron chi connectivity index (χ3n) is 15.6. The molecule has 11 rings (SSSR count). The standard InChI is InChI=1S/C70H68N4O/c1-67(2,3)54-37-50(48-25-15-11-16-26-48)38-56(39-54)72-46-64(49-27-17-12-18-28-49)73(47-72)57-40-55(68(4,5)6)41-58(43-57)75-59-44-61(70(9,10)52-31-21-14-22-32-52)66-60-33-23-24-34-62(60)74(63(66)45-59)65-42-53(35-36-71-65)69(7,8)51-29-19-13-20-30-51/h11-46H,47H2,1-10H3. The minimum Gasteiger partial charge on any atom is -0.457 e. The summed E-state index contributed by atoms with van der Waals surface area (Å²) in [4.78, 5) is 10.0. The average molecular weight is 981 g/mol. The number of rotatable bonds is 11. The van der Waals surface area contributed by atoms with E-state index in [0.717, 1.165) is 51.0 Å². The molecule has 8 aromatic carbocycles. The van der Waals surface area contributed by atoms with Crippen molar-refractivity contribution in [2.45, 2.75) is 90.9 Å². The fourth-order valence-corrected chi connectivity index (χ4v) is 10.9. The number of anilines is 2. The van der Waals surface area contributed by atoms with E-state index in [0.29, 0.717) is 6.67 Å². The molecule has 1 aliphatic rings. The monoisotopic (exact) mass is 981 g/mol. The minimum atomic E-state index is -0.407. The summed E-state index contributed by atoms with van der Waals surface area (Å²) in [7, 11) is 0. The zero-order valence-electron chi connectivity index (χ0n) is 45.2. The van der Waals surface area contributed by atoms with Gasteiger partial charge in [0.05, 0.1) is 23.4 Å². The van der Waals surface area contributed by atoms with Crippen LogP contribution in [0.1, 0.15) is 108 Å². The van der Waals surface area contributed by atoms with Crippen LogP contribution < -0.4 is 14.5 Å². The van der Waals surface area contributed by atoms with Gasteiger partial charge in [-0.05, 0) is 109 Å². The van der Waals surface area contributed by atoms with Crippen LogP contribution in [0.25, 0.3) is 44.4 Å². The fourth-order valence-electron chi connectivity index (χ4n) is 10.9. The fraction of sp³-hybridized carbons (Fsp3) is 0.214. The van der Waals surface area contributed by atoms with E-state index in [9.17, 15) is 0 Å². The van der Waals surface area contributed by atoms with Gasteiger partial charge in [-0.25, -0.2) is 4.98 Å². The van der Waals surface area contributed by atoms with Gasteiger partial charge >= 0.3 is 0 Å². The summed E-state index contributed by atoms with van der Waals surface area (Å²) < 4.78 is 9.74. The maximum Gasteiger partial charge on any atom is 0.137 e. The van der Waals surface area contributed by atoms with Crippen LogP contribution >= 0.6 is 0 Å². The number of fused-ring (bicyclic) bond motifs is 3. The molecule has 3 heterocycles. The molecule has 2 aromatic heterocycles. The molecule has 0 saturated heterocycles. The zero-order valence-corrected chi connectivity index (χ0v) is 45.2. The van der Waals surface area contributed by atoms with E-state index in [1.54, 1.807) is 0 Å². The third-order valence-corrected chi connectivity index (χ3v) is 15.6. The van der Waals surface area contributed by atoms with E-state index in [2.05, 4.69) is 296 Å². The first kappa shape index (κ1) is 49.1. The Hall–Kier alpha value is -8.15. The molecule has 0 amide bonds. The van der Waals surface area contributed by atoms with Gasteiger partial charge in [-0.2, -0.15) is 0 Å². The average Bonchev–Trinajstić information content (AvgIpc) is 4.08. The van der Waals surface area contributed by atoms with E-state index in [4.69, 9.17) is 9.72 Å². The van der Waals surface area contributed by atoms with Gasteiger partial charge in [-0.1, -0.05) is 215 Å². The van der Waals surface area contributed by atoms with Crippen LogP contribution in [-0.4, -0.2) is 16.2 Å². The predicted molar refractivity (Wildman–Crippen MR) is 316 cm³/mol. The molecule has 5 heteroatoms. The number of para-hydroxylation sites is 1. The maximum absolute atomic E-state index is 7.39. The van der Waals surface area contributed by atoms with Crippen molar-refractivity contribution in [2.75, 3.05) is 16.5 Å². The van der Waals surface area contributed by atoms with Gasteiger partial charge in [0.25, 0.3) is 0 Å². The summed E-state index contributed by atoms with van der Waals surface area (Å²) in [5.74, 6) is 2.40. The number of ether oxygens (including phenoxy) is 1. The lowest BCUT2D eigenvalue weighted by molar-refractivity contribution is 0.477. The smallest absolute Gasteiger partial charge is 0.137 e. The number of hydrogen-bond donors (Lipinski definition) is 0. The van der Waals surface area contributed by atoms with Crippen molar-refractivity contribution in [3.05, 3.63) is 258 Å². The topological polar surface area (TPSA) is 33.5 Å². The van der Waals surface area contributed by atoms with Crippen LogP contribution in [0.3, 0.4) is 0 Å². The van der Waals surface area contributed by atoms with Gasteiger partial charge in [-0.15, -0.1) is 0 Å². The Bertz CT molecular complexity index is 3730. The summed E-state index contributed by atoms with van der Waals surface area (Å²) in [6, 6.07) is 74.8. The summed E-state index contributed by atoms with van der Waals surface area (Å²) in [5.41, 5.74) is 15.5. The quantitative estimate of drug-likeness (QED) is 0.129. The largest absolute Gasteiger partial charge is 0.457 e. The molecule has 0 unspecified atom stereocenters. The molecule has 75 heavy (non-hydrogen) atoms. The van der Waals surface area contributed by atoms with Gasteiger partial charge in [0.2, 0.25) is 0 Å². The molecule has 0 radical (unpaired) electrons. The van der Waals surface area contributed by atoms with Gasteiger partial charge < -0.3 is 14.5 Å². The predicted octanol–water partition coefficient (Wildman–Crippen LogP) is 18.2. The van der Waals surface area contributed by atoms with Gasteiger partial charge in [-0.3, -0.25) is 4.57 Å². The van der Waals surface area contributed by atoms with Crippen molar-refractivity contribution in [3.8, 4) is 28.4 Å². The number of aromatic nitrogens is 2. The lowest BCUT2D eigenvalue weighted by Crippen LogP contribution is -2.27. The molecule has 0 spiro atoms. The van der Waals surface area contributed by atoms with E-state index in [-0.39, 0.29) is 16.2 Å². The first-order chi connectivity index (χ1) is 35.9. The van der Waals surface area contributed by atoms with Crippen molar-refractivity contribution in [3.63, 3.8) is 0 Å². The van der Waals surface area contributed by atoms with Gasteiger partial charge in [0.1, 0.15) is 17.3 Å². The Kier molecular flexibility index (Phi) is 12.4. The lowest BCUT2D eigenvalue weighted by Gasteiger charge is -2.29. The first-order valence-electron chi connectivity index (χ1n) is 26.4. The maximum atomic E-state index is 7.39. The highest BCUT2D eigenvalue weighted by atomic mass is 16.5. The molecule has 0 bridgehead atoms. The molecule has 0 saturated carbocycles. The van der Waals surface area contributed by atoms with Crippen LogP contribution in [0.4, 0.5) is 11.4 Å². The Morgan fingerprint density at radius 3 is 1.64 bits per heavy atom.